The van der Waals surface area contributed by atoms with Gasteiger partial charge in [-0.15, -0.1) is 6.58 Å². The van der Waals surface area contributed by atoms with Crippen LogP contribution in [0.2, 0.25) is 0 Å². The van der Waals surface area contributed by atoms with E-state index in [1.165, 1.54) is 6.07 Å². The van der Waals surface area contributed by atoms with Crippen molar-refractivity contribution in [3.05, 3.63) is 42.5 Å². The third-order valence-corrected chi connectivity index (χ3v) is 4.60. The molecule has 0 aromatic heterocycles. The second kappa shape index (κ2) is 4.57. The number of sulfonamides is 1. The molecule has 1 fully saturated rings. The van der Waals surface area contributed by atoms with Gasteiger partial charge in [0, 0.05) is 5.92 Å². The van der Waals surface area contributed by atoms with Gasteiger partial charge < -0.3 is 0 Å². The number of hydrogen-bond donors (Lipinski definition) is 1. The lowest BCUT2D eigenvalue weighted by molar-refractivity contribution is -0.120. The average Bonchev–Trinajstić information content (AvgIpc) is 3.08. The number of amides is 1. The van der Waals surface area contributed by atoms with Crippen LogP contribution in [0, 0.1) is 18.8 Å². The van der Waals surface area contributed by atoms with E-state index in [0.29, 0.717) is 12.0 Å². The summed E-state index contributed by atoms with van der Waals surface area (Å²) in [5.41, 5.74) is 0.619. The number of allylic oxidation sites excluding steroid dienone is 1. The summed E-state index contributed by atoms with van der Waals surface area (Å²) in [7, 11) is -3.76. The first-order valence-corrected chi connectivity index (χ1v) is 7.19. The van der Waals surface area contributed by atoms with Crippen LogP contribution in [0.4, 0.5) is 0 Å². The topological polar surface area (TPSA) is 63.2 Å². The summed E-state index contributed by atoms with van der Waals surface area (Å²) in [5.74, 6) is -0.582. The Morgan fingerprint density at radius 1 is 1.44 bits per heavy atom. The molecule has 2 atom stereocenters. The van der Waals surface area contributed by atoms with Crippen LogP contribution in [0.25, 0.3) is 0 Å². The van der Waals surface area contributed by atoms with E-state index < -0.39 is 15.9 Å². The minimum Gasteiger partial charge on any atom is -0.274 e. The Hall–Kier alpha value is -1.62. The van der Waals surface area contributed by atoms with E-state index in [1.807, 2.05) is 0 Å². The zero-order valence-corrected chi connectivity index (χ0v) is 10.9. The molecule has 1 amide bonds. The van der Waals surface area contributed by atoms with Crippen molar-refractivity contribution in [2.75, 3.05) is 0 Å². The summed E-state index contributed by atoms with van der Waals surface area (Å²) >= 11 is 0. The lowest BCUT2D eigenvalue weighted by Crippen LogP contribution is -2.32. The van der Waals surface area contributed by atoms with Gasteiger partial charge in [0.1, 0.15) is 0 Å². The van der Waals surface area contributed by atoms with Crippen LogP contribution in [0.5, 0.6) is 0 Å². The highest BCUT2D eigenvalue weighted by atomic mass is 32.2. The lowest BCUT2D eigenvalue weighted by Gasteiger charge is -2.08. The number of benzene rings is 1. The fourth-order valence-corrected chi connectivity index (χ4v) is 3.17. The van der Waals surface area contributed by atoms with Crippen molar-refractivity contribution in [3.63, 3.8) is 0 Å². The molecular weight excluding hydrogens is 250 g/mol. The smallest absolute Gasteiger partial charge is 0.264 e. The minimum atomic E-state index is -3.76. The predicted molar refractivity (Wildman–Crippen MR) is 68.3 cm³/mol. The van der Waals surface area contributed by atoms with Crippen molar-refractivity contribution >= 4 is 15.9 Å². The summed E-state index contributed by atoms with van der Waals surface area (Å²) in [6.07, 6.45) is 2.36. The predicted octanol–water partition coefficient (Wildman–Crippen LogP) is 1.62. The maximum atomic E-state index is 12.0. The van der Waals surface area contributed by atoms with Crippen LogP contribution in [0.15, 0.2) is 41.8 Å². The normalized spacial score (nSPS) is 22.3. The van der Waals surface area contributed by atoms with Crippen molar-refractivity contribution in [2.24, 2.45) is 11.8 Å². The number of rotatable bonds is 4. The molecule has 0 aliphatic heterocycles. The Balaban J connectivity index is 2.16. The zero-order chi connectivity index (χ0) is 13.3. The molecular formula is C13H15NO3S. The molecule has 0 radical (unpaired) electrons. The fraction of sp³-hybridized carbons (Fsp3) is 0.308. The quantitative estimate of drug-likeness (QED) is 0.841. The SMILES string of the molecule is C=C[C@@H]1C[C@@H]1C(=O)NS(=O)(=O)c1ccccc1C. The number of carbonyl (C=O) groups is 1. The molecule has 1 aromatic carbocycles. The highest BCUT2D eigenvalue weighted by Crippen LogP contribution is 2.39. The summed E-state index contributed by atoms with van der Waals surface area (Å²) < 4.78 is 26.2. The Kier molecular flexibility index (Phi) is 3.26. The Labute approximate surface area is 107 Å². The van der Waals surface area contributed by atoms with Crippen LogP contribution in [0.1, 0.15) is 12.0 Å². The molecule has 5 heteroatoms. The molecule has 1 N–H and O–H groups in total. The molecule has 1 aromatic rings. The van der Waals surface area contributed by atoms with Gasteiger partial charge in [0.2, 0.25) is 5.91 Å². The van der Waals surface area contributed by atoms with E-state index in [2.05, 4.69) is 11.3 Å². The standard InChI is InChI=1S/C13H15NO3S/c1-3-10-8-11(10)13(15)14-18(16,17)12-7-5-4-6-9(12)2/h3-7,10-11H,1,8H2,2H3,(H,14,15)/t10-,11+/m1/s1. The van der Waals surface area contributed by atoms with Gasteiger partial charge in [0.05, 0.1) is 4.90 Å². The first-order valence-electron chi connectivity index (χ1n) is 5.70. The number of aryl methyl sites for hydroxylation is 1. The molecule has 4 nitrogen and oxygen atoms in total. The van der Waals surface area contributed by atoms with Crippen LogP contribution in [0.3, 0.4) is 0 Å². The van der Waals surface area contributed by atoms with Gasteiger partial charge in [0.25, 0.3) is 10.0 Å². The van der Waals surface area contributed by atoms with Gasteiger partial charge in [-0.1, -0.05) is 24.3 Å². The van der Waals surface area contributed by atoms with Crippen LogP contribution in [-0.4, -0.2) is 14.3 Å². The maximum Gasteiger partial charge on any atom is 0.264 e. The van der Waals surface area contributed by atoms with E-state index >= 15 is 0 Å². The molecule has 2 rings (SSSR count). The summed E-state index contributed by atoms with van der Waals surface area (Å²) in [6.45, 7) is 5.29. The number of nitrogens with one attached hydrogen (secondary N) is 1. The van der Waals surface area contributed by atoms with E-state index in [9.17, 15) is 13.2 Å². The van der Waals surface area contributed by atoms with Crippen molar-refractivity contribution in [1.29, 1.82) is 0 Å². The fourth-order valence-electron chi connectivity index (χ4n) is 1.90. The minimum absolute atomic E-state index is 0.108. The Morgan fingerprint density at radius 2 is 2.11 bits per heavy atom. The molecule has 0 heterocycles. The van der Waals surface area contributed by atoms with Crippen LogP contribution < -0.4 is 4.72 Å². The van der Waals surface area contributed by atoms with Gasteiger partial charge in [-0.05, 0) is 30.9 Å². The van der Waals surface area contributed by atoms with E-state index in [0.717, 1.165) is 0 Å². The number of hydrogen-bond acceptors (Lipinski definition) is 3. The zero-order valence-electron chi connectivity index (χ0n) is 10.1. The van der Waals surface area contributed by atoms with Gasteiger partial charge in [-0.2, -0.15) is 0 Å². The van der Waals surface area contributed by atoms with Crippen molar-refractivity contribution in [3.8, 4) is 0 Å². The molecule has 0 saturated heterocycles. The third kappa shape index (κ3) is 2.46. The first-order chi connectivity index (χ1) is 8.45. The van der Waals surface area contributed by atoms with Crippen molar-refractivity contribution in [1.82, 2.24) is 4.72 Å². The molecule has 18 heavy (non-hydrogen) atoms. The van der Waals surface area contributed by atoms with E-state index in [1.54, 1.807) is 31.2 Å². The molecule has 0 spiro atoms. The maximum absolute atomic E-state index is 12.0. The van der Waals surface area contributed by atoms with Crippen LogP contribution in [-0.2, 0) is 14.8 Å². The Morgan fingerprint density at radius 3 is 2.67 bits per heavy atom. The summed E-state index contributed by atoms with van der Waals surface area (Å²) in [4.78, 5) is 11.9. The van der Waals surface area contributed by atoms with Crippen molar-refractivity contribution < 1.29 is 13.2 Å². The lowest BCUT2D eigenvalue weighted by atomic mass is 10.2. The largest absolute Gasteiger partial charge is 0.274 e. The van der Waals surface area contributed by atoms with Gasteiger partial charge >= 0.3 is 0 Å². The Bertz CT molecular complexity index is 592. The van der Waals surface area contributed by atoms with Gasteiger partial charge in [-0.3, -0.25) is 4.79 Å². The summed E-state index contributed by atoms with van der Waals surface area (Å²) in [6, 6.07) is 6.58. The van der Waals surface area contributed by atoms with Gasteiger partial charge in [0.15, 0.2) is 0 Å². The molecule has 0 unspecified atom stereocenters. The molecule has 0 bridgehead atoms. The molecule has 1 saturated carbocycles. The second-order valence-electron chi connectivity index (χ2n) is 4.48. The highest BCUT2D eigenvalue weighted by Gasteiger charge is 2.42. The summed E-state index contributed by atoms with van der Waals surface area (Å²) in [5, 5.41) is 0. The van der Waals surface area contributed by atoms with Crippen LogP contribution >= 0.6 is 0 Å². The second-order valence-corrected chi connectivity index (χ2v) is 6.13. The van der Waals surface area contributed by atoms with Crippen molar-refractivity contribution in [2.45, 2.75) is 18.2 Å². The number of carbonyl (C=O) groups excluding carboxylic acids is 1. The van der Waals surface area contributed by atoms with E-state index in [-0.39, 0.29) is 16.7 Å². The van der Waals surface area contributed by atoms with E-state index in [4.69, 9.17) is 0 Å². The molecule has 96 valence electrons. The molecule has 1 aliphatic rings. The first kappa shape index (κ1) is 12.8. The van der Waals surface area contributed by atoms with Gasteiger partial charge in [-0.25, -0.2) is 13.1 Å². The average molecular weight is 265 g/mol. The molecule has 1 aliphatic carbocycles. The highest BCUT2D eigenvalue weighted by molar-refractivity contribution is 7.90. The monoisotopic (exact) mass is 265 g/mol. The third-order valence-electron chi connectivity index (χ3n) is 3.10.